The number of hydrogen-bond acceptors (Lipinski definition) is 4. The molecule has 1 aromatic carbocycles. The number of hydrogen-bond donors (Lipinski definition) is 3. The van der Waals surface area contributed by atoms with Crippen LogP contribution in [0.4, 0.5) is 5.69 Å². The van der Waals surface area contributed by atoms with Gasteiger partial charge in [-0.3, -0.25) is 9.79 Å². The molecule has 0 aliphatic carbocycles. The average molecular weight is 401 g/mol. The second-order valence-electron chi connectivity index (χ2n) is 8.35. The lowest BCUT2D eigenvalue weighted by molar-refractivity contribution is -0.116. The first-order valence-corrected chi connectivity index (χ1v) is 10.9. The molecule has 2 aliphatic heterocycles. The van der Waals surface area contributed by atoms with Crippen LogP contribution in [0.5, 0.6) is 0 Å². The van der Waals surface area contributed by atoms with Gasteiger partial charge in [-0.25, -0.2) is 0 Å². The molecule has 1 amide bonds. The Morgan fingerprint density at radius 1 is 1.24 bits per heavy atom. The molecule has 0 bridgehead atoms. The van der Waals surface area contributed by atoms with Crippen LogP contribution in [0.3, 0.4) is 0 Å². The minimum absolute atomic E-state index is 0.0817. The molecule has 160 valence electrons. The summed E-state index contributed by atoms with van der Waals surface area (Å²) in [6, 6.07) is 8.06. The van der Waals surface area contributed by atoms with Crippen LogP contribution in [0.2, 0.25) is 0 Å². The Morgan fingerprint density at radius 2 is 2.00 bits per heavy atom. The van der Waals surface area contributed by atoms with Gasteiger partial charge >= 0.3 is 0 Å². The fraction of sp³-hybridized carbons (Fsp3) is 0.636. The van der Waals surface area contributed by atoms with Gasteiger partial charge in [0.25, 0.3) is 0 Å². The number of guanidine groups is 1. The molecule has 1 fully saturated rings. The Morgan fingerprint density at radius 3 is 2.76 bits per heavy atom. The van der Waals surface area contributed by atoms with Gasteiger partial charge in [-0.05, 0) is 31.5 Å². The first-order valence-electron chi connectivity index (χ1n) is 10.9. The van der Waals surface area contributed by atoms with Crippen LogP contribution >= 0.6 is 0 Å². The number of para-hydroxylation sites is 1. The number of carbonyl (C=O) groups excluding carboxylic acids is 1. The highest BCUT2D eigenvalue weighted by Crippen LogP contribution is 2.31. The number of carbonyl (C=O) groups is 1. The molecule has 1 aromatic rings. The summed E-state index contributed by atoms with van der Waals surface area (Å²) in [7, 11) is 2.19. The van der Waals surface area contributed by atoms with Gasteiger partial charge in [0.1, 0.15) is 0 Å². The van der Waals surface area contributed by atoms with Gasteiger partial charge < -0.3 is 25.8 Å². The van der Waals surface area contributed by atoms with E-state index in [1.807, 2.05) is 18.2 Å². The van der Waals surface area contributed by atoms with Crippen LogP contribution in [-0.2, 0) is 4.79 Å². The van der Waals surface area contributed by atoms with Crippen LogP contribution in [0.1, 0.15) is 31.7 Å². The normalized spacial score (nSPS) is 22.0. The summed E-state index contributed by atoms with van der Waals surface area (Å²) < 4.78 is 0. The van der Waals surface area contributed by atoms with E-state index in [1.54, 1.807) is 0 Å². The van der Waals surface area contributed by atoms with E-state index >= 15 is 0 Å². The predicted octanol–water partition coefficient (Wildman–Crippen LogP) is 1.55. The number of benzene rings is 1. The molecule has 2 heterocycles. The zero-order chi connectivity index (χ0) is 20.6. The second-order valence-corrected chi connectivity index (χ2v) is 8.35. The van der Waals surface area contributed by atoms with Gasteiger partial charge in [-0.1, -0.05) is 25.1 Å². The van der Waals surface area contributed by atoms with E-state index in [-0.39, 0.29) is 11.8 Å². The smallest absolute Gasteiger partial charge is 0.225 e. The molecule has 2 atom stereocenters. The molecule has 1 saturated heterocycles. The van der Waals surface area contributed by atoms with Crippen molar-refractivity contribution in [2.24, 2.45) is 10.9 Å². The van der Waals surface area contributed by atoms with E-state index in [0.29, 0.717) is 18.9 Å². The minimum atomic E-state index is 0.0817. The summed E-state index contributed by atoms with van der Waals surface area (Å²) in [5, 5.41) is 9.76. The van der Waals surface area contributed by atoms with Crippen LogP contribution in [0.25, 0.3) is 0 Å². The molecule has 2 unspecified atom stereocenters. The van der Waals surface area contributed by atoms with E-state index in [4.69, 9.17) is 4.99 Å². The predicted molar refractivity (Wildman–Crippen MR) is 120 cm³/mol. The number of nitrogens with zero attached hydrogens (tertiary/aromatic N) is 3. The van der Waals surface area contributed by atoms with Crippen molar-refractivity contribution < 1.29 is 4.79 Å². The Balaban J connectivity index is 1.52. The topological polar surface area (TPSA) is 72.0 Å². The molecule has 7 nitrogen and oxygen atoms in total. The van der Waals surface area contributed by atoms with Crippen molar-refractivity contribution >= 4 is 17.6 Å². The second kappa shape index (κ2) is 10.6. The average Bonchev–Trinajstić information content (AvgIpc) is 2.71. The molecule has 2 aliphatic rings. The molecular formula is C22H36N6O. The molecule has 0 saturated carbocycles. The molecule has 0 radical (unpaired) electrons. The van der Waals surface area contributed by atoms with Gasteiger partial charge in [0.2, 0.25) is 5.91 Å². The third kappa shape index (κ3) is 6.44. The van der Waals surface area contributed by atoms with Crippen molar-refractivity contribution in [2.75, 3.05) is 64.7 Å². The van der Waals surface area contributed by atoms with Gasteiger partial charge in [-0.15, -0.1) is 0 Å². The zero-order valence-corrected chi connectivity index (χ0v) is 18.1. The third-order valence-electron chi connectivity index (χ3n) is 5.69. The van der Waals surface area contributed by atoms with Crippen molar-refractivity contribution in [3.05, 3.63) is 29.8 Å². The molecule has 0 aromatic heterocycles. The molecule has 0 spiro atoms. The number of piperazine rings is 1. The van der Waals surface area contributed by atoms with E-state index in [0.717, 1.165) is 57.5 Å². The summed E-state index contributed by atoms with van der Waals surface area (Å²) in [4.78, 5) is 21.8. The van der Waals surface area contributed by atoms with Gasteiger partial charge in [0, 0.05) is 70.4 Å². The molecule has 29 heavy (non-hydrogen) atoms. The summed E-state index contributed by atoms with van der Waals surface area (Å²) in [5.74, 6) is 1.58. The number of rotatable bonds is 7. The number of anilines is 1. The summed E-state index contributed by atoms with van der Waals surface area (Å²) in [6.07, 6.45) is 0.503. The molecule has 3 rings (SSSR count). The Bertz CT molecular complexity index is 698. The number of amides is 1. The Labute approximate surface area is 174 Å². The number of fused-ring (bicyclic) bond motifs is 1. The minimum Gasteiger partial charge on any atom is -0.357 e. The SMILES string of the molecule is CCNC(=NCC(C)CN1CCN(C)CC1)NCC1CC(=O)Nc2ccccc21. The maximum absolute atomic E-state index is 12.0. The van der Waals surface area contributed by atoms with Crippen LogP contribution in [0, 0.1) is 5.92 Å². The van der Waals surface area contributed by atoms with E-state index in [1.165, 1.54) is 5.56 Å². The van der Waals surface area contributed by atoms with Crippen molar-refractivity contribution in [2.45, 2.75) is 26.2 Å². The Kier molecular flexibility index (Phi) is 7.89. The summed E-state index contributed by atoms with van der Waals surface area (Å²) in [5.41, 5.74) is 2.12. The van der Waals surface area contributed by atoms with Gasteiger partial charge in [-0.2, -0.15) is 0 Å². The lowest BCUT2D eigenvalue weighted by atomic mass is 9.90. The highest BCUT2D eigenvalue weighted by Gasteiger charge is 2.24. The standard InChI is InChI=1S/C22H36N6O/c1-4-23-22(24-14-17(2)16-28-11-9-27(3)10-12-28)25-15-18-13-21(29)26-20-8-6-5-7-19(18)20/h5-8,17-18H,4,9-16H2,1-3H3,(H,26,29)(H2,23,24,25). The van der Waals surface area contributed by atoms with E-state index in [2.05, 4.69) is 52.7 Å². The fourth-order valence-electron chi connectivity index (χ4n) is 4.02. The lowest BCUT2D eigenvalue weighted by Crippen LogP contribution is -2.46. The zero-order valence-electron chi connectivity index (χ0n) is 18.1. The molecular weight excluding hydrogens is 364 g/mol. The van der Waals surface area contributed by atoms with Gasteiger partial charge in [0.15, 0.2) is 5.96 Å². The largest absolute Gasteiger partial charge is 0.357 e. The van der Waals surface area contributed by atoms with Gasteiger partial charge in [0.05, 0.1) is 0 Å². The Hall–Kier alpha value is -2.12. The number of likely N-dealkylation sites (N-methyl/N-ethyl adjacent to an activating group) is 1. The third-order valence-corrected chi connectivity index (χ3v) is 5.69. The van der Waals surface area contributed by atoms with Crippen LogP contribution < -0.4 is 16.0 Å². The molecule has 7 heteroatoms. The number of nitrogens with one attached hydrogen (secondary N) is 3. The van der Waals surface area contributed by atoms with Crippen molar-refractivity contribution in [1.82, 2.24) is 20.4 Å². The quantitative estimate of drug-likeness (QED) is 0.479. The molecule has 3 N–H and O–H groups in total. The van der Waals surface area contributed by atoms with Crippen molar-refractivity contribution in [3.63, 3.8) is 0 Å². The highest BCUT2D eigenvalue weighted by atomic mass is 16.1. The summed E-state index contributed by atoms with van der Waals surface area (Å²) >= 11 is 0. The lowest BCUT2D eigenvalue weighted by Gasteiger charge is -2.33. The van der Waals surface area contributed by atoms with Crippen LogP contribution in [-0.4, -0.2) is 81.1 Å². The first kappa shape index (κ1) is 21.6. The summed E-state index contributed by atoms with van der Waals surface area (Å²) in [6.45, 7) is 12.3. The monoisotopic (exact) mass is 400 g/mol. The van der Waals surface area contributed by atoms with Crippen molar-refractivity contribution in [1.29, 1.82) is 0 Å². The maximum atomic E-state index is 12.0. The maximum Gasteiger partial charge on any atom is 0.225 e. The van der Waals surface area contributed by atoms with Crippen molar-refractivity contribution in [3.8, 4) is 0 Å². The highest BCUT2D eigenvalue weighted by molar-refractivity contribution is 5.94. The number of aliphatic imine (C=N–C) groups is 1. The van der Waals surface area contributed by atoms with E-state index in [9.17, 15) is 4.79 Å². The fourth-order valence-corrected chi connectivity index (χ4v) is 4.02. The van der Waals surface area contributed by atoms with E-state index < -0.39 is 0 Å². The van der Waals surface area contributed by atoms with Crippen LogP contribution in [0.15, 0.2) is 29.3 Å². The first-order chi connectivity index (χ1) is 14.0.